The first-order valence-corrected chi connectivity index (χ1v) is 6.12. The fourth-order valence-corrected chi connectivity index (χ4v) is 1.86. The molecule has 2 aromatic rings. The van der Waals surface area contributed by atoms with E-state index >= 15 is 0 Å². The Morgan fingerprint density at radius 1 is 0.714 bits per heavy atom. The zero-order chi connectivity index (χ0) is 15.2. The first-order valence-electron chi connectivity index (χ1n) is 6.12. The van der Waals surface area contributed by atoms with Gasteiger partial charge in [-0.3, -0.25) is 20.2 Å². The second-order valence-electron chi connectivity index (χ2n) is 4.23. The maximum Gasteiger partial charge on any atom is 0.347 e. The molecule has 2 unspecified atom stereocenters. The molecule has 7 nitrogen and oxygen atoms in total. The van der Waals surface area contributed by atoms with Crippen LogP contribution in [0.1, 0.15) is 23.6 Å². The SMILES string of the molecule is O=[N+]([O-])C(OC(c1ccccc1)[N+](=O)[O-])c1ccccc1. The predicted octanol–water partition coefficient (Wildman–Crippen LogP) is 2.95. The molecule has 0 spiro atoms. The van der Waals surface area contributed by atoms with E-state index in [4.69, 9.17) is 4.74 Å². The Kier molecular flexibility index (Phi) is 4.57. The van der Waals surface area contributed by atoms with Crippen LogP contribution >= 0.6 is 0 Å². The summed E-state index contributed by atoms with van der Waals surface area (Å²) >= 11 is 0. The Morgan fingerprint density at radius 2 is 1.05 bits per heavy atom. The quantitative estimate of drug-likeness (QED) is 0.462. The van der Waals surface area contributed by atoms with Gasteiger partial charge >= 0.3 is 12.5 Å². The molecule has 0 fully saturated rings. The summed E-state index contributed by atoms with van der Waals surface area (Å²) in [6, 6.07) is 15.8. The maximum atomic E-state index is 11.1. The summed E-state index contributed by atoms with van der Waals surface area (Å²) in [7, 11) is 0. The van der Waals surface area contributed by atoms with Crippen molar-refractivity contribution in [1.29, 1.82) is 0 Å². The van der Waals surface area contributed by atoms with Crippen molar-refractivity contribution in [3.63, 3.8) is 0 Å². The van der Waals surface area contributed by atoms with Gasteiger partial charge in [0.1, 0.15) is 0 Å². The molecule has 21 heavy (non-hydrogen) atoms. The van der Waals surface area contributed by atoms with Crippen molar-refractivity contribution in [1.82, 2.24) is 0 Å². The molecule has 0 aliphatic rings. The van der Waals surface area contributed by atoms with Crippen LogP contribution in [0.5, 0.6) is 0 Å². The van der Waals surface area contributed by atoms with E-state index in [0.29, 0.717) is 0 Å². The molecule has 0 N–H and O–H groups in total. The third-order valence-electron chi connectivity index (χ3n) is 2.81. The van der Waals surface area contributed by atoms with Gasteiger partial charge in [0.05, 0.1) is 21.0 Å². The van der Waals surface area contributed by atoms with Crippen LogP contribution in [0.15, 0.2) is 60.7 Å². The van der Waals surface area contributed by atoms with Crippen LogP contribution in [0.4, 0.5) is 0 Å². The van der Waals surface area contributed by atoms with Crippen LogP contribution in [0.2, 0.25) is 0 Å². The second-order valence-corrected chi connectivity index (χ2v) is 4.23. The topological polar surface area (TPSA) is 95.5 Å². The summed E-state index contributed by atoms with van der Waals surface area (Å²) in [4.78, 5) is 20.9. The summed E-state index contributed by atoms with van der Waals surface area (Å²) in [5.41, 5.74) is 0.510. The van der Waals surface area contributed by atoms with E-state index in [2.05, 4.69) is 0 Å². The fraction of sp³-hybridized carbons (Fsp3) is 0.143. The van der Waals surface area contributed by atoms with E-state index in [0.717, 1.165) is 0 Å². The van der Waals surface area contributed by atoms with Gasteiger partial charge in [0.2, 0.25) is 0 Å². The molecule has 2 atom stereocenters. The number of ether oxygens (including phenoxy) is 1. The zero-order valence-corrected chi connectivity index (χ0v) is 10.9. The van der Waals surface area contributed by atoms with Gasteiger partial charge in [-0.05, 0) is 24.3 Å². The average molecular weight is 288 g/mol. The molecule has 2 rings (SSSR count). The van der Waals surface area contributed by atoms with Gasteiger partial charge < -0.3 is 0 Å². The van der Waals surface area contributed by atoms with Crippen molar-refractivity contribution < 1.29 is 14.6 Å². The maximum absolute atomic E-state index is 11.1. The highest BCUT2D eigenvalue weighted by Gasteiger charge is 2.34. The van der Waals surface area contributed by atoms with Crippen molar-refractivity contribution in [2.24, 2.45) is 0 Å². The number of rotatable bonds is 6. The fourth-order valence-electron chi connectivity index (χ4n) is 1.86. The van der Waals surface area contributed by atoms with Gasteiger partial charge in [-0.1, -0.05) is 36.4 Å². The highest BCUT2D eigenvalue weighted by molar-refractivity contribution is 5.18. The number of hydrogen-bond acceptors (Lipinski definition) is 5. The third-order valence-corrected chi connectivity index (χ3v) is 2.81. The minimum Gasteiger partial charge on any atom is -0.262 e. The largest absolute Gasteiger partial charge is 0.347 e. The third kappa shape index (κ3) is 3.61. The van der Waals surface area contributed by atoms with Crippen LogP contribution < -0.4 is 0 Å². The van der Waals surface area contributed by atoms with Gasteiger partial charge in [-0.15, -0.1) is 0 Å². The number of nitrogens with zero attached hydrogens (tertiary/aromatic N) is 2. The molecule has 0 saturated heterocycles. The summed E-state index contributed by atoms with van der Waals surface area (Å²) in [5, 5.41) is 22.3. The van der Waals surface area contributed by atoms with Crippen LogP contribution in [-0.4, -0.2) is 9.85 Å². The molecule has 2 aromatic carbocycles. The molecular weight excluding hydrogens is 276 g/mol. The minimum atomic E-state index is -1.60. The lowest BCUT2D eigenvalue weighted by Gasteiger charge is -2.14. The Labute approximate surface area is 120 Å². The molecule has 0 saturated carbocycles. The molecule has 0 aliphatic heterocycles. The summed E-state index contributed by atoms with van der Waals surface area (Å²) in [6.07, 6.45) is -3.19. The molecule has 7 heteroatoms. The van der Waals surface area contributed by atoms with Gasteiger partial charge in [0.25, 0.3) is 0 Å². The summed E-state index contributed by atoms with van der Waals surface area (Å²) in [5.74, 6) is 0. The Hall–Kier alpha value is -2.80. The lowest BCUT2D eigenvalue weighted by Crippen LogP contribution is -2.22. The van der Waals surface area contributed by atoms with Crippen LogP contribution in [0, 0.1) is 20.2 Å². The molecule has 0 aliphatic carbocycles. The molecule has 108 valence electrons. The van der Waals surface area contributed by atoms with Gasteiger partial charge in [0, 0.05) is 0 Å². The number of benzene rings is 2. The molecular formula is C14H12N2O5. The first kappa shape index (κ1) is 14.6. The highest BCUT2D eigenvalue weighted by Crippen LogP contribution is 2.27. The van der Waals surface area contributed by atoms with E-state index < -0.39 is 22.3 Å². The second kappa shape index (κ2) is 6.58. The molecule has 0 radical (unpaired) electrons. The van der Waals surface area contributed by atoms with Gasteiger partial charge in [-0.2, -0.15) is 0 Å². The zero-order valence-electron chi connectivity index (χ0n) is 10.9. The molecule has 0 bridgehead atoms. The van der Waals surface area contributed by atoms with E-state index in [9.17, 15) is 20.2 Å². The summed E-state index contributed by atoms with van der Waals surface area (Å²) < 4.78 is 5.15. The monoisotopic (exact) mass is 288 g/mol. The van der Waals surface area contributed by atoms with Gasteiger partial charge in [0.15, 0.2) is 0 Å². The van der Waals surface area contributed by atoms with Crippen molar-refractivity contribution in [3.8, 4) is 0 Å². The van der Waals surface area contributed by atoms with Crippen LogP contribution in [0.3, 0.4) is 0 Å². The number of nitro groups is 2. The first-order chi connectivity index (χ1) is 10.1. The highest BCUT2D eigenvalue weighted by atomic mass is 16.7. The predicted molar refractivity (Wildman–Crippen MR) is 73.4 cm³/mol. The van der Waals surface area contributed by atoms with Crippen molar-refractivity contribution >= 4 is 0 Å². The average Bonchev–Trinajstić information content (AvgIpc) is 2.49. The Balaban J connectivity index is 2.30. The van der Waals surface area contributed by atoms with Crippen LogP contribution in [0.25, 0.3) is 0 Å². The molecule has 0 aromatic heterocycles. The lowest BCUT2D eigenvalue weighted by molar-refractivity contribution is -0.657. The van der Waals surface area contributed by atoms with E-state index in [1.54, 1.807) is 36.4 Å². The smallest absolute Gasteiger partial charge is 0.262 e. The van der Waals surface area contributed by atoms with Crippen molar-refractivity contribution in [2.75, 3.05) is 0 Å². The van der Waals surface area contributed by atoms with E-state index in [1.807, 2.05) is 0 Å². The number of hydrogen-bond donors (Lipinski definition) is 0. The van der Waals surface area contributed by atoms with Crippen molar-refractivity contribution in [2.45, 2.75) is 12.5 Å². The Morgan fingerprint density at radius 3 is 1.33 bits per heavy atom. The van der Waals surface area contributed by atoms with Crippen LogP contribution in [-0.2, 0) is 4.74 Å². The molecule has 0 amide bonds. The standard InChI is InChI=1S/C14H12N2O5/c17-15(18)13(11-7-3-1-4-8-11)21-14(16(19)20)12-9-5-2-6-10-12/h1-10,13-14H. The minimum absolute atomic E-state index is 0.255. The normalized spacial score (nSPS) is 13.3. The van der Waals surface area contributed by atoms with E-state index in [-0.39, 0.29) is 11.1 Å². The van der Waals surface area contributed by atoms with Gasteiger partial charge in [-0.25, -0.2) is 4.74 Å². The Bertz CT molecular complexity index is 562. The molecule has 0 heterocycles. The van der Waals surface area contributed by atoms with E-state index in [1.165, 1.54) is 24.3 Å². The lowest BCUT2D eigenvalue weighted by atomic mass is 10.2. The summed E-state index contributed by atoms with van der Waals surface area (Å²) in [6.45, 7) is 0. The van der Waals surface area contributed by atoms with Crippen molar-refractivity contribution in [3.05, 3.63) is 92.0 Å².